The minimum Gasteiger partial charge on any atom is -0.383 e. The van der Waals surface area contributed by atoms with Crippen LogP contribution in [-0.2, 0) is 9.47 Å². The van der Waals surface area contributed by atoms with Gasteiger partial charge < -0.3 is 14.4 Å². The molecule has 1 saturated heterocycles. The van der Waals surface area contributed by atoms with Crippen molar-refractivity contribution in [3.05, 3.63) is 40.5 Å². The van der Waals surface area contributed by atoms with E-state index in [0.29, 0.717) is 18.9 Å². The number of likely N-dealkylation sites (tertiary alicyclic amines) is 1. The Morgan fingerprint density at radius 2 is 2.08 bits per heavy atom. The van der Waals surface area contributed by atoms with Crippen molar-refractivity contribution in [1.29, 1.82) is 0 Å². The molecule has 1 aliphatic carbocycles. The van der Waals surface area contributed by atoms with Crippen LogP contribution in [0.3, 0.4) is 0 Å². The van der Waals surface area contributed by atoms with E-state index in [9.17, 15) is 4.79 Å². The SMILES string of the molecule is COCCN1CCC(C2CC3=C(CO2)c2c(C)cccc2C(=O)C3)CC1. The van der Waals surface area contributed by atoms with E-state index in [0.717, 1.165) is 43.8 Å². The van der Waals surface area contributed by atoms with Gasteiger partial charge in [-0.05, 0) is 61.9 Å². The van der Waals surface area contributed by atoms with E-state index in [2.05, 4.69) is 17.9 Å². The molecule has 0 spiro atoms. The third-order valence-electron chi connectivity index (χ3n) is 6.33. The van der Waals surface area contributed by atoms with Crippen molar-refractivity contribution in [2.75, 3.05) is 40.0 Å². The number of benzene rings is 1. The van der Waals surface area contributed by atoms with Crippen molar-refractivity contribution in [1.82, 2.24) is 4.90 Å². The van der Waals surface area contributed by atoms with Crippen LogP contribution in [-0.4, -0.2) is 56.7 Å². The highest BCUT2D eigenvalue weighted by Gasteiger charge is 2.35. The van der Waals surface area contributed by atoms with Crippen molar-refractivity contribution < 1.29 is 14.3 Å². The Kier molecular flexibility index (Phi) is 5.25. The molecule has 140 valence electrons. The number of aryl methyl sites for hydroxylation is 1. The van der Waals surface area contributed by atoms with E-state index in [-0.39, 0.29) is 11.9 Å². The molecule has 4 heteroatoms. The van der Waals surface area contributed by atoms with E-state index >= 15 is 0 Å². The number of methoxy groups -OCH3 is 1. The summed E-state index contributed by atoms with van der Waals surface area (Å²) in [6, 6.07) is 6.06. The van der Waals surface area contributed by atoms with Crippen LogP contribution in [0, 0.1) is 12.8 Å². The molecule has 0 N–H and O–H groups in total. The van der Waals surface area contributed by atoms with Gasteiger partial charge in [0.1, 0.15) is 0 Å². The van der Waals surface area contributed by atoms with Gasteiger partial charge in [-0.25, -0.2) is 0 Å². The van der Waals surface area contributed by atoms with Gasteiger partial charge in [0.2, 0.25) is 0 Å². The summed E-state index contributed by atoms with van der Waals surface area (Å²) in [5.74, 6) is 0.883. The van der Waals surface area contributed by atoms with Gasteiger partial charge in [-0.15, -0.1) is 0 Å². The predicted molar refractivity (Wildman–Crippen MR) is 102 cm³/mol. The molecule has 1 aromatic carbocycles. The zero-order chi connectivity index (χ0) is 18.1. The van der Waals surface area contributed by atoms with Gasteiger partial charge in [-0.3, -0.25) is 4.79 Å². The number of hydrogen-bond donors (Lipinski definition) is 0. The summed E-state index contributed by atoms with van der Waals surface area (Å²) in [4.78, 5) is 15.1. The molecule has 2 aliphatic heterocycles. The summed E-state index contributed by atoms with van der Waals surface area (Å²) < 4.78 is 11.5. The maximum absolute atomic E-state index is 12.6. The number of ether oxygens (including phenoxy) is 2. The maximum atomic E-state index is 12.6. The van der Waals surface area contributed by atoms with Gasteiger partial charge in [-0.1, -0.05) is 23.8 Å². The average Bonchev–Trinajstić information content (AvgIpc) is 2.67. The summed E-state index contributed by atoms with van der Waals surface area (Å²) in [7, 11) is 1.76. The van der Waals surface area contributed by atoms with E-state index in [1.807, 2.05) is 12.1 Å². The number of carbonyl (C=O) groups excluding carboxylic acids is 1. The van der Waals surface area contributed by atoms with E-state index in [4.69, 9.17) is 9.47 Å². The lowest BCUT2D eigenvalue weighted by Gasteiger charge is -2.39. The molecule has 1 atom stereocenters. The lowest BCUT2D eigenvalue weighted by atomic mass is 9.77. The van der Waals surface area contributed by atoms with E-state index < -0.39 is 0 Å². The monoisotopic (exact) mass is 355 g/mol. The Morgan fingerprint density at radius 1 is 1.27 bits per heavy atom. The second kappa shape index (κ2) is 7.63. The van der Waals surface area contributed by atoms with Crippen LogP contribution in [0.1, 0.15) is 47.2 Å². The molecule has 0 aromatic heterocycles. The largest absolute Gasteiger partial charge is 0.383 e. The highest BCUT2D eigenvalue weighted by Crippen LogP contribution is 2.41. The number of hydrogen-bond acceptors (Lipinski definition) is 4. The van der Waals surface area contributed by atoms with Crippen LogP contribution in [0.2, 0.25) is 0 Å². The second-order valence-corrected chi connectivity index (χ2v) is 7.90. The van der Waals surface area contributed by atoms with Crippen molar-refractivity contribution in [2.24, 2.45) is 5.92 Å². The summed E-state index contributed by atoms with van der Waals surface area (Å²) in [5.41, 5.74) is 5.83. The van der Waals surface area contributed by atoms with Crippen molar-refractivity contribution in [3.63, 3.8) is 0 Å². The van der Waals surface area contributed by atoms with Gasteiger partial charge in [0.25, 0.3) is 0 Å². The zero-order valence-corrected chi connectivity index (χ0v) is 15.9. The van der Waals surface area contributed by atoms with Gasteiger partial charge in [0.05, 0.1) is 19.3 Å². The third-order valence-corrected chi connectivity index (χ3v) is 6.33. The normalized spacial score (nSPS) is 24.5. The van der Waals surface area contributed by atoms with Crippen molar-refractivity contribution in [2.45, 2.75) is 38.7 Å². The molecule has 1 fully saturated rings. The van der Waals surface area contributed by atoms with Gasteiger partial charge in [-0.2, -0.15) is 0 Å². The van der Waals surface area contributed by atoms with E-state index in [1.54, 1.807) is 7.11 Å². The molecule has 0 radical (unpaired) electrons. The van der Waals surface area contributed by atoms with Crippen LogP contribution < -0.4 is 0 Å². The first-order valence-electron chi connectivity index (χ1n) is 9.84. The lowest BCUT2D eigenvalue weighted by molar-refractivity contribution is -0.00264. The number of fused-ring (bicyclic) bond motifs is 2. The van der Waals surface area contributed by atoms with Gasteiger partial charge in [0.15, 0.2) is 5.78 Å². The molecular formula is C22H29NO3. The number of piperidine rings is 1. The summed E-state index contributed by atoms with van der Waals surface area (Å²) in [5, 5.41) is 0. The first-order valence-corrected chi connectivity index (χ1v) is 9.84. The highest BCUT2D eigenvalue weighted by atomic mass is 16.5. The lowest BCUT2D eigenvalue weighted by Crippen LogP contribution is -2.41. The Morgan fingerprint density at radius 3 is 2.85 bits per heavy atom. The van der Waals surface area contributed by atoms with Crippen molar-refractivity contribution >= 4 is 11.4 Å². The van der Waals surface area contributed by atoms with Crippen LogP contribution in [0.25, 0.3) is 5.57 Å². The predicted octanol–water partition coefficient (Wildman–Crippen LogP) is 3.48. The first-order chi connectivity index (χ1) is 12.7. The fourth-order valence-corrected chi connectivity index (χ4v) is 4.81. The summed E-state index contributed by atoms with van der Waals surface area (Å²) >= 11 is 0. The molecule has 26 heavy (non-hydrogen) atoms. The standard InChI is InChI=1S/C22H29NO3/c1-15-4-3-5-18-20(24)12-17-13-21(26-14-19(17)22(15)18)16-6-8-23(9-7-16)10-11-25-2/h3-5,16,21H,6-14H2,1-2H3. The molecule has 4 nitrogen and oxygen atoms in total. The number of ketones is 1. The number of rotatable bonds is 4. The third kappa shape index (κ3) is 3.38. The van der Waals surface area contributed by atoms with Crippen LogP contribution in [0.4, 0.5) is 0 Å². The number of nitrogens with zero attached hydrogens (tertiary/aromatic N) is 1. The van der Waals surface area contributed by atoms with E-state index in [1.165, 1.54) is 29.6 Å². The van der Waals surface area contributed by atoms with Crippen LogP contribution in [0.15, 0.2) is 23.8 Å². The maximum Gasteiger partial charge on any atom is 0.167 e. The van der Waals surface area contributed by atoms with Gasteiger partial charge >= 0.3 is 0 Å². The molecule has 0 saturated carbocycles. The highest BCUT2D eigenvalue weighted by molar-refractivity contribution is 6.06. The molecule has 0 bridgehead atoms. The second-order valence-electron chi connectivity index (χ2n) is 7.90. The number of Topliss-reactive ketones (excluding diaryl/α,β-unsaturated/α-hetero) is 1. The zero-order valence-electron chi connectivity index (χ0n) is 15.9. The quantitative estimate of drug-likeness (QED) is 0.829. The Bertz CT molecular complexity index is 716. The topological polar surface area (TPSA) is 38.8 Å². The molecule has 4 rings (SSSR count). The molecule has 2 heterocycles. The van der Waals surface area contributed by atoms with Crippen LogP contribution in [0.5, 0.6) is 0 Å². The molecule has 0 amide bonds. The minimum atomic E-state index is 0.275. The summed E-state index contributed by atoms with van der Waals surface area (Å²) in [6.45, 7) is 6.84. The fourth-order valence-electron chi connectivity index (χ4n) is 4.81. The smallest absolute Gasteiger partial charge is 0.167 e. The van der Waals surface area contributed by atoms with Crippen LogP contribution >= 0.6 is 0 Å². The minimum absolute atomic E-state index is 0.275. The fraction of sp³-hybridized carbons (Fsp3) is 0.591. The molecule has 1 aromatic rings. The Balaban J connectivity index is 1.46. The molecule has 3 aliphatic rings. The van der Waals surface area contributed by atoms with Gasteiger partial charge in [0, 0.05) is 25.6 Å². The molecule has 1 unspecified atom stereocenters. The summed E-state index contributed by atoms with van der Waals surface area (Å²) in [6.07, 6.45) is 4.15. The Hall–Kier alpha value is -1.49. The first kappa shape index (κ1) is 17.9. The molecular weight excluding hydrogens is 326 g/mol. The number of carbonyl (C=O) groups is 1. The average molecular weight is 355 g/mol. The van der Waals surface area contributed by atoms with Crippen molar-refractivity contribution in [3.8, 4) is 0 Å². The Labute approximate surface area is 156 Å².